The third-order valence-electron chi connectivity index (χ3n) is 5.66. The summed E-state index contributed by atoms with van der Waals surface area (Å²) in [5, 5.41) is 5.83. The van der Waals surface area contributed by atoms with Crippen LogP contribution in [-0.4, -0.2) is 46.9 Å². The average Bonchev–Trinajstić information content (AvgIpc) is 3.12. The van der Waals surface area contributed by atoms with Crippen molar-refractivity contribution in [1.29, 1.82) is 0 Å². The number of hydrogen-bond donors (Lipinski definition) is 2. The van der Waals surface area contributed by atoms with E-state index in [9.17, 15) is 9.59 Å². The molecule has 2 aromatic rings. The molecule has 1 saturated heterocycles. The molecule has 2 N–H and O–H groups in total. The third kappa shape index (κ3) is 4.07. The molecule has 1 aliphatic heterocycles. The van der Waals surface area contributed by atoms with Crippen LogP contribution in [0, 0.1) is 6.92 Å². The highest BCUT2D eigenvalue weighted by Gasteiger charge is 2.38. The van der Waals surface area contributed by atoms with Gasteiger partial charge in [-0.05, 0) is 43.0 Å². The number of aromatic nitrogens is 1. The second-order valence-electron chi connectivity index (χ2n) is 7.63. The number of fused-ring (bicyclic) bond motifs is 1. The number of carbonyl (C=O) groups excluding carboxylic acids is 2. The van der Waals surface area contributed by atoms with E-state index in [4.69, 9.17) is 0 Å². The molecule has 1 unspecified atom stereocenters. The first-order valence-corrected chi connectivity index (χ1v) is 9.89. The number of piperazine rings is 1. The van der Waals surface area contributed by atoms with Crippen LogP contribution in [0.15, 0.2) is 42.5 Å². The molecule has 6 heteroatoms. The minimum absolute atomic E-state index is 0.0500. The topological polar surface area (TPSA) is 74.3 Å². The van der Waals surface area contributed by atoms with Crippen molar-refractivity contribution >= 4 is 11.8 Å². The zero-order valence-electron chi connectivity index (χ0n) is 16.1. The zero-order chi connectivity index (χ0) is 19.5. The van der Waals surface area contributed by atoms with Gasteiger partial charge in [-0.3, -0.25) is 19.5 Å². The van der Waals surface area contributed by atoms with Gasteiger partial charge in [0.2, 0.25) is 11.8 Å². The van der Waals surface area contributed by atoms with Gasteiger partial charge in [0.1, 0.15) is 0 Å². The molecule has 28 heavy (non-hydrogen) atoms. The Labute approximate surface area is 165 Å². The molecule has 2 amide bonds. The molecular formula is C22H26N4O2. The lowest BCUT2D eigenvalue weighted by Crippen LogP contribution is -2.59. The van der Waals surface area contributed by atoms with Crippen molar-refractivity contribution in [3.8, 4) is 0 Å². The lowest BCUT2D eigenvalue weighted by molar-refractivity contribution is -0.135. The summed E-state index contributed by atoms with van der Waals surface area (Å²) in [6.45, 7) is 3.72. The van der Waals surface area contributed by atoms with Gasteiger partial charge in [0.25, 0.3) is 0 Å². The van der Waals surface area contributed by atoms with Gasteiger partial charge in [0.15, 0.2) is 0 Å². The standard InChI is InChI=1S/C22H26N4O2/c1-15-5-4-8-18(25-15)14-24-21(27)13-20-22(28)23-9-10-26(20)19-11-16-6-2-3-7-17(16)12-19/h2-8,19-20H,9-14H2,1H3,(H,23,28)(H,24,27). The lowest BCUT2D eigenvalue weighted by Gasteiger charge is -2.38. The van der Waals surface area contributed by atoms with E-state index in [1.54, 1.807) is 0 Å². The van der Waals surface area contributed by atoms with Crippen LogP contribution in [0.4, 0.5) is 0 Å². The molecule has 1 aromatic carbocycles. The largest absolute Gasteiger partial charge is 0.353 e. The monoisotopic (exact) mass is 378 g/mol. The van der Waals surface area contributed by atoms with Crippen LogP contribution in [0.5, 0.6) is 0 Å². The molecule has 4 rings (SSSR count). The Morgan fingerprint density at radius 2 is 1.93 bits per heavy atom. The van der Waals surface area contributed by atoms with Gasteiger partial charge in [-0.15, -0.1) is 0 Å². The van der Waals surface area contributed by atoms with E-state index in [0.717, 1.165) is 30.8 Å². The number of carbonyl (C=O) groups is 2. The summed E-state index contributed by atoms with van der Waals surface area (Å²) in [6.07, 6.45) is 2.05. The van der Waals surface area contributed by atoms with E-state index in [1.165, 1.54) is 11.1 Å². The van der Waals surface area contributed by atoms with Crippen LogP contribution in [0.2, 0.25) is 0 Å². The van der Waals surface area contributed by atoms with Crippen LogP contribution in [0.1, 0.15) is 28.9 Å². The molecule has 0 radical (unpaired) electrons. The van der Waals surface area contributed by atoms with Crippen molar-refractivity contribution in [2.45, 2.75) is 44.8 Å². The Balaban J connectivity index is 1.39. The molecule has 0 bridgehead atoms. The summed E-state index contributed by atoms with van der Waals surface area (Å²) in [4.78, 5) is 31.7. The summed E-state index contributed by atoms with van der Waals surface area (Å²) >= 11 is 0. The predicted molar refractivity (Wildman–Crippen MR) is 107 cm³/mol. The smallest absolute Gasteiger partial charge is 0.237 e. The first-order valence-electron chi connectivity index (χ1n) is 9.89. The number of amides is 2. The van der Waals surface area contributed by atoms with Crippen LogP contribution < -0.4 is 10.6 Å². The van der Waals surface area contributed by atoms with E-state index in [0.29, 0.717) is 13.1 Å². The summed E-state index contributed by atoms with van der Waals surface area (Å²) in [7, 11) is 0. The first-order chi connectivity index (χ1) is 13.6. The van der Waals surface area contributed by atoms with E-state index >= 15 is 0 Å². The minimum Gasteiger partial charge on any atom is -0.353 e. The normalized spacial score (nSPS) is 19.9. The summed E-state index contributed by atoms with van der Waals surface area (Å²) < 4.78 is 0. The predicted octanol–water partition coefficient (Wildman–Crippen LogP) is 1.36. The quantitative estimate of drug-likeness (QED) is 0.824. The summed E-state index contributed by atoms with van der Waals surface area (Å²) in [6, 6.07) is 14.1. The summed E-state index contributed by atoms with van der Waals surface area (Å²) in [5.41, 5.74) is 4.45. The van der Waals surface area contributed by atoms with Crippen LogP contribution in [0.3, 0.4) is 0 Å². The maximum absolute atomic E-state index is 12.5. The molecule has 2 heterocycles. The molecule has 2 aliphatic rings. The molecule has 146 valence electrons. The highest BCUT2D eigenvalue weighted by Crippen LogP contribution is 2.28. The van der Waals surface area contributed by atoms with Gasteiger partial charge < -0.3 is 10.6 Å². The number of rotatable bonds is 5. The van der Waals surface area contributed by atoms with Gasteiger partial charge >= 0.3 is 0 Å². The van der Waals surface area contributed by atoms with Crippen molar-refractivity contribution in [1.82, 2.24) is 20.5 Å². The lowest BCUT2D eigenvalue weighted by atomic mass is 10.0. The highest BCUT2D eigenvalue weighted by molar-refractivity contribution is 5.88. The van der Waals surface area contributed by atoms with E-state index < -0.39 is 6.04 Å². The SMILES string of the molecule is Cc1cccc(CNC(=O)CC2C(=O)NCCN2C2Cc3ccccc3C2)n1. The maximum Gasteiger partial charge on any atom is 0.237 e. The van der Waals surface area contributed by atoms with Gasteiger partial charge in [0, 0.05) is 24.8 Å². The first kappa shape index (κ1) is 18.6. The van der Waals surface area contributed by atoms with E-state index in [-0.39, 0.29) is 24.3 Å². The highest BCUT2D eigenvalue weighted by atomic mass is 16.2. The molecule has 1 aromatic heterocycles. The van der Waals surface area contributed by atoms with Crippen LogP contribution in [-0.2, 0) is 29.0 Å². The van der Waals surface area contributed by atoms with Crippen molar-refractivity contribution < 1.29 is 9.59 Å². The van der Waals surface area contributed by atoms with Gasteiger partial charge in [-0.25, -0.2) is 0 Å². The number of benzene rings is 1. The molecular weight excluding hydrogens is 352 g/mol. The fraction of sp³-hybridized carbons (Fsp3) is 0.409. The molecule has 6 nitrogen and oxygen atoms in total. The number of nitrogens with zero attached hydrogens (tertiary/aromatic N) is 2. The van der Waals surface area contributed by atoms with Crippen molar-refractivity contribution in [2.75, 3.05) is 13.1 Å². The zero-order valence-corrected chi connectivity index (χ0v) is 16.1. The van der Waals surface area contributed by atoms with E-state index in [1.807, 2.05) is 25.1 Å². The molecule has 0 spiro atoms. The van der Waals surface area contributed by atoms with Gasteiger partial charge in [-0.2, -0.15) is 0 Å². The Bertz CT molecular complexity index is 857. The second-order valence-corrected chi connectivity index (χ2v) is 7.63. The molecule has 0 saturated carbocycles. The second kappa shape index (κ2) is 8.10. The molecule has 1 fully saturated rings. The Morgan fingerprint density at radius 1 is 1.18 bits per heavy atom. The van der Waals surface area contributed by atoms with Crippen LogP contribution in [0.25, 0.3) is 0 Å². The van der Waals surface area contributed by atoms with Gasteiger partial charge in [0.05, 0.1) is 24.7 Å². The Morgan fingerprint density at radius 3 is 2.64 bits per heavy atom. The maximum atomic E-state index is 12.5. The fourth-order valence-electron chi connectivity index (χ4n) is 4.28. The number of hydrogen-bond acceptors (Lipinski definition) is 4. The third-order valence-corrected chi connectivity index (χ3v) is 5.66. The fourth-order valence-corrected chi connectivity index (χ4v) is 4.28. The average molecular weight is 378 g/mol. The van der Waals surface area contributed by atoms with Crippen molar-refractivity contribution in [3.63, 3.8) is 0 Å². The van der Waals surface area contributed by atoms with Crippen molar-refractivity contribution in [2.24, 2.45) is 0 Å². The Hall–Kier alpha value is -2.73. The number of pyridine rings is 1. The summed E-state index contributed by atoms with van der Waals surface area (Å²) in [5.74, 6) is -0.170. The van der Waals surface area contributed by atoms with Crippen molar-refractivity contribution in [3.05, 3.63) is 65.0 Å². The Kier molecular flexibility index (Phi) is 5.39. The number of aryl methyl sites for hydroxylation is 1. The van der Waals surface area contributed by atoms with Gasteiger partial charge in [-0.1, -0.05) is 30.3 Å². The molecule has 1 aliphatic carbocycles. The van der Waals surface area contributed by atoms with E-state index in [2.05, 4.69) is 44.8 Å². The molecule has 1 atom stereocenters. The van der Waals surface area contributed by atoms with Crippen LogP contribution >= 0.6 is 0 Å². The minimum atomic E-state index is -0.418. The number of nitrogens with one attached hydrogen (secondary N) is 2.